The maximum absolute atomic E-state index is 14.0. The van der Waals surface area contributed by atoms with E-state index < -0.39 is 56.6 Å². The van der Waals surface area contributed by atoms with Gasteiger partial charge in [-0.3, -0.25) is 9.59 Å². The van der Waals surface area contributed by atoms with Gasteiger partial charge in [0, 0.05) is 18.3 Å². The number of aliphatic carboxylic acids is 1. The summed E-state index contributed by atoms with van der Waals surface area (Å²) in [5, 5.41) is 33.2. The Balaban J connectivity index is 1.68. The van der Waals surface area contributed by atoms with Crippen LogP contribution in [0.5, 0.6) is 0 Å². The van der Waals surface area contributed by atoms with Gasteiger partial charge in [-0.05, 0) is 86.9 Å². The van der Waals surface area contributed by atoms with Crippen LogP contribution in [0.1, 0.15) is 92.9 Å². The van der Waals surface area contributed by atoms with E-state index in [1.54, 1.807) is 6.92 Å². The highest BCUT2D eigenvalue weighted by molar-refractivity contribution is 5.88. The van der Waals surface area contributed by atoms with E-state index in [0.29, 0.717) is 51.4 Å². The SMILES string of the molecule is CC1CCC2(C(=O)O)CCC3(C)C(=CCC4C5(C)CCC(O)C(C)(C=O)C5C(=O)CC43C)C2C1(C)O. The maximum Gasteiger partial charge on any atom is 0.310 e. The van der Waals surface area contributed by atoms with Crippen LogP contribution < -0.4 is 0 Å². The van der Waals surface area contributed by atoms with Crippen molar-refractivity contribution in [3.8, 4) is 0 Å². The van der Waals surface area contributed by atoms with Crippen LogP contribution >= 0.6 is 0 Å². The van der Waals surface area contributed by atoms with Crippen molar-refractivity contribution in [1.82, 2.24) is 0 Å². The molecule has 5 rings (SSSR count). The monoisotopic (exact) mass is 500 g/mol. The van der Waals surface area contributed by atoms with Crippen LogP contribution in [0.2, 0.25) is 0 Å². The van der Waals surface area contributed by atoms with Crippen molar-refractivity contribution < 1.29 is 29.7 Å². The number of allylic oxidation sites excluding steroid dienone is 1. The number of carboxylic acids is 1. The second kappa shape index (κ2) is 7.53. The summed E-state index contributed by atoms with van der Waals surface area (Å²) in [4.78, 5) is 39.2. The number of aldehydes is 1. The molecule has 5 aliphatic rings. The van der Waals surface area contributed by atoms with Crippen LogP contribution in [0.15, 0.2) is 11.6 Å². The number of fused-ring (bicyclic) bond motifs is 7. The summed E-state index contributed by atoms with van der Waals surface area (Å²) in [7, 11) is 0. The highest BCUT2D eigenvalue weighted by Crippen LogP contribution is 2.75. The van der Waals surface area contributed by atoms with Crippen molar-refractivity contribution in [1.29, 1.82) is 0 Å². The normalized spacial score (nSPS) is 56.4. The fourth-order valence-corrected chi connectivity index (χ4v) is 10.6. The van der Waals surface area contributed by atoms with E-state index in [4.69, 9.17) is 0 Å². The topological polar surface area (TPSA) is 112 Å². The predicted molar refractivity (Wildman–Crippen MR) is 135 cm³/mol. The molecule has 3 N–H and O–H groups in total. The van der Waals surface area contributed by atoms with Crippen molar-refractivity contribution in [2.75, 3.05) is 0 Å². The van der Waals surface area contributed by atoms with Gasteiger partial charge < -0.3 is 20.1 Å². The molecule has 4 fully saturated rings. The number of hydrogen-bond acceptors (Lipinski definition) is 5. The molecule has 0 heterocycles. The van der Waals surface area contributed by atoms with Gasteiger partial charge in [0.1, 0.15) is 12.1 Å². The number of carboxylic acid groups (broad SMARTS) is 1. The van der Waals surface area contributed by atoms with E-state index >= 15 is 0 Å². The highest BCUT2D eigenvalue weighted by atomic mass is 16.4. The zero-order valence-corrected chi connectivity index (χ0v) is 22.8. The number of carbonyl (C=O) groups excluding carboxylic acids is 2. The number of rotatable bonds is 2. The lowest BCUT2D eigenvalue weighted by molar-refractivity contribution is -0.213. The number of hydrogen-bond donors (Lipinski definition) is 3. The molecule has 0 aromatic heterocycles. The number of aliphatic hydroxyl groups is 2. The third kappa shape index (κ3) is 2.78. The van der Waals surface area contributed by atoms with Crippen molar-refractivity contribution in [3.63, 3.8) is 0 Å². The molecule has 11 atom stereocenters. The van der Waals surface area contributed by atoms with E-state index in [0.717, 1.165) is 11.9 Å². The number of aliphatic hydroxyl groups excluding tert-OH is 1. The lowest BCUT2D eigenvalue weighted by Crippen LogP contribution is -2.69. The van der Waals surface area contributed by atoms with Gasteiger partial charge in [0.25, 0.3) is 0 Å². The van der Waals surface area contributed by atoms with Crippen molar-refractivity contribution in [3.05, 3.63) is 11.6 Å². The van der Waals surface area contributed by atoms with Gasteiger partial charge >= 0.3 is 5.97 Å². The first kappa shape index (κ1) is 26.1. The van der Waals surface area contributed by atoms with Crippen LogP contribution in [-0.2, 0) is 14.4 Å². The lowest BCUT2D eigenvalue weighted by atomic mass is 9.33. The van der Waals surface area contributed by atoms with E-state index in [9.17, 15) is 29.7 Å². The summed E-state index contributed by atoms with van der Waals surface area (Å²) in [6.07, 6.45) is 6.81. The van der Waals surface area contributed by atoms with Crippen LogP contribution in [0.25, 0.3) is 0 Å². The van der Waals surface area contributed by atoms with Gasteiger partial charge in [-0.25, -0.2) is 0 Å². The third-order valence-corrected chi connectivity index (χ3v) is 13.1. The molecule has 0 aromatic rings. The fraction of sp³-hybridized carbons (Fsp3) is 0.833. The Morgan fingerprint density at radius 1 is 1.03 bits per heavy atom. The largest absolute Gasteiger partial charge is 0.481 e. The van der Waals surface area contributed by atoms with Crippen LogP contribution in [0, 0.1) is 50.7 Å². The van der Waals surface area contributed by atoms with Gasteiger partial charge in [0.2, 0.25) is 0 Å². The molecule has 4 saturated carbocycles. The van der Waals surface area contributed by atoms with E-state index in [-0.39, 0.29) is 17.6 Å². The number of Topliss-reactive ketones (excluding diaryl/α,β-unsaturated/α-hetero) is 1. The van der Waals surface area contributed by atoms with Gasteiger partial charge in [-0.15, -0.1) is 0 Å². The predicted octanol–water partition coefficient (Wildman–Crippen LogP) is 4.56. The molecule has 0 bridgehead atoms. The highest BCUT2D eigenvalue weighted by Gasteiger charge is 2.73. The molecule has 6 heteroatoms. The Morgan fingerprint density at radius 2 is 1.69 bits per heavy atom. The molecule has 5 aliphatic carbocycles. The molecule has 0 radical (unpaired) electrons. The van der Waals surface area contributed by atoms with Crippen LogP contribution in [0.4, 0.5) is 0 Å². The summed E-state index contributed by atoms with van der Waals surface area (Å²) < 4.78 is 0. The molecule has 11 unspecified atom stereocenters. The van der Waals surface area contributed by atoms with Crippen LogP contribution in [-0.4, -0.2) is 45.1 Å². The van der Waals surface area contributed by atoms with E-state index in [1.165, 1.54) is 0 Å². The van der Waals surface area contributed by atoms with Gasteiger partial charge in [0.05, 0.1) is 22.5 Å². The Hall–Kier alpha value is -1.53. The standard InChI is InChI=1S/C30H44O6/c1-17-9-12-30(24(34)35)14-13-27(4)18(22(30)29(17,6)36)7-8-20-25(2)11-10-21(33)26(3,16-31)23(25)19(32)15-28(20,27)5/h7,16-17,20-23,33,36H,8-15H2,1-6H3,(H,34,35). The summed E-state index contributed by atoms with van der Waals surface area (Å²) in [5.74, 6) is -1.68. The van der Waals surface area contributed by atoms with Gasteiger partial charge in [-0.1, -0.05) is 39.3 Å². The molecular weight excluding hydrogens is 456 g/mol. The van der Waals surface area contributed by atoms with E-state index in [1.807, 2.05) is 13.8 Å². The number of carbonyl (C=O) groups is 3. The maximum atomic E-state index is 14.0. The van der Waals surface area contributed by atoms with Crippen LogP contribution in [0.3, 0.4) is 0 Å². The first-order valence-corrected chi connectivity index (χ1v) is 13.9. The second-order valence-electron chi connectivity index (χ2n) is 14.4. The molecule has 0 amide bonds. The Labute approximate surface area is 214 Å². The summed E-state index contributed by atoms with van der Waals surface area (Å²) in [6, 6.07) is 0. The minimum Gasteiger partial charge on any atom is -0.481 e. The summed E-state index contributed by atoms with van der Waals surface area (Å²) >= 11 is 0. The second-order valence-corrected chi connectivity index (χ2v) is 14.4. The first-order chi connectivity index (χ1) is 16.6. The molecule has 0 saturated heterocycles. The van der Waals surface area contributed by atoms with Gasteiger partial charge in [0.15, 0.2) is 0 Å². The quantitative estimate of drug-likeness (QED) is 0.378. The minimum absolute atomic E-state index is 0.0215. The first-order valence-electron chi connectivity index (χ1n) is 13.9. The number of ketones is 1. The zero-order chi connectivity index (χ0) is 26.7. The Morgan fingerprint density at radius 3 is 2.31 bits per heavy atom. The van der Waals surface area contributed by atoms with Crippen molar-refractivity contribution >= 4 is 18.0 Å². The molecule has 200 valence electrons. The lowest BCUT2D eigenvalue weighted by Gasteiger charge is -2.70. The molecule has 6 nitrogen and oxygen atoms in total. The third-order valence-electron chi connectivity index (χ3n) is 13.1. The van der Waals surface area contributed by atoms with E-state index in [2.05, 4.69) is 26.8 Å². The molecule has 0 spiro atoms. The fourth-order valence-electron chi connectivity index (χ4n) is 10.6. The summed E-state index contributed by atoms with van der Waals surface area (Å²) in [5.41, 5.74) is -3.48. The Bertz CT molecular complexity index is 1050. The smallest absolute Gasteiger partial charge is 0.310 e. The molecule has 0 aliphatic heterocycles. The zero-order valence-electron chi connectivity index (χ0n) is 22.8. The minimum atomic E-state index is -1.15. The van der Waals surface area contributed by atoms with Crippen molar-refractivity contribution in [2.24, 2.45) is 50.7 Å². The molecule has 36 heavy (non-hydrogen) atoms. The summed E-state index contributed by atoms with van der Waals surface area (Å²) in [6.45, 7) is 12.2. The average Bonchev–Trinajstić information content (AvgIpc) is 2.79. The van der Waals surface area contributed by atoms with Crippen molar-refractivity contribution in [2.45, 2.75) is 105 Å². The van der Waals surface area contributed by atoms with Gasteiger partial charge in [-0.2, -0.15) is 0 Å². The Kier molecular flexibility index (Phi) is 5.46. The molecular formula is C30H44O6. The average molecular weight is 501 g/mol. The molecule has 0 aromatic carbocycles.